The first kappa shape index (κ1) is 12.1. The molecule has 0 aromatic carbocycles. The second-order valence-corrected chi connectivity index (χ2v) is 4.69. The Morgan fingerprint density at radius 2 is 2.42 bits per heavy atom. The van der Waals surface area contributed by atoms with Gasteiger partial charge in [0.25, 0.3) is 0 Å². The van der Waals surface area contributed by atoms with E-state index in [1.165, 1.54) is 12.8 Å². The summed E-state index contributed by atoms with van der Waals surface area (Å²) in [5, 5.41) is 7.50. The molecule has 0 aliphatic carbocycles. The third-order valence-corrected chi connectivity index (χ3v) is 3.20. The summed E-state index contributed by atoms with van der Waals surface area (Å²) in [7, 11) is 0. The van der Waals surface area contributed by atoms with Crippen molar-refractivity contribution in [1.29, 1.82) is 0 Å². The van der Waals surface area contributed by atoms with E-state index in [1.807, 2.05) is 12.3 Å². The SMILES string of the molecule is c1cnn(-c2cncc(OCC3CCCNC3)n2)c1. The molecule has 1 unspecified atom stereocenters. The zero-order valence-electron chi connectivity index (χ0n) is 10.7. The monoisotopic (exact) mass is 259 g/mol. The van der Waals surface area contributed by atoms with Crippen molar-refractivity contribution in [3.8, 4) is 11.7 Å². The van der Waals surface area contributed by atoms with Crippen molar-refractivity contribution in [2.24, 2.45) is 5.92 Å². The molecule has 0 amide bonds. The van der Waals surface area contributed by atoms with Crippen LogP contribution in [0, 0.1) is 5.92 Å². The quantitative estimate of drug-likeness (QED) is 0.888. The van der Waals surface area contributed by atoms with Crippen molar-refractivity contribution in [1.82, 2.24) is 25.1 Å². The van der Waals surface area contributed by atoms with Crippen molar-refractivity contribution in [2.45, 2.75) is 12.8 Å². The third-order valence-electron chi connectivity index (χ3n) is 3.20. The van der Waals surface area contributed by atoms with Gasteiger partial charge in [-0.2, -0.15) is 10.1 Å². The third kappa shape index (κ3) is 3.08. The van der Waals surface area contributed by atoms with Crippen LogP contribution < -0.4 is 10.1 Å². The number of nitrogens with zero attached hydrogens (tertiary/aromatic N) is 4. The number of aromatic nitrogens is 4. The first-order valence-electron chi connectivity index (χ1n) is 6.57. The van der Waals surface area contributed by atoms with E-state index >= 15 is 0 Å². The second-order valence-electron chi connectivity index (χ2n) is 4.69. The number of hydrogen-bond donors (Lipinski definition) is 1. The highest BCUT2D eigenvalue weighted by Gasteiger charge is 2.14. The average Bonchev–Trinajstić information content (AvgIpc) is 3.01. The van der Waals surface area contributed by atoms with Gasteiger partial charge in [0, 0.05) is 24.9 Å². The molecule has 2 aromatic heterocycles. The minimum absolute atomic E-state index is 0.554. The lowest BCUT2D eigenvalue weighted by atomic mass is 10.0. The summed E-state index contributed by atoms with van der Waals surface area (Å²) in [6, 6.07) is 1.85. The molecule has 1 aliphatic heterocycles. The molecule has 0 spiro atoms. The number of rotatable bonds is 4. The normalized spacial score (nSPS) is 19.3. The zero-order valence-corrected chi connectivity index (χ0v) is 10.7. The van der Waals surface area contributed by atoms with E-state index < -0.39 is 0 Å². The van der Waals surface area contributed by atoms with Crippen molar-refractivity contribution >= 4 is 0 Å². The van der Waals surface area contributed by atoms with E-state index in [2.05, 4.69) is 20.4 Å². The Labute approximate surface area is 111 Å². The van der Waals surface area contributed by atoms with Crippen molar-refractivity contribution < 1.29 is 4.74 Å². The molecule has 1 aliphatic rings. The van der Waals surface area contributed by atoms with Crippen LogP contribution in [0.15, 0.2) is 30.9 Å². The lowest BCUT2D eigenvalue weighted by Gasteiger charge is -2.22. The van der Waals surface area contributed by atoms with Gasteiger partial charge in [0.1, 0.15) is 0 Å². The van der Waals surface area contributed by atoms with Gasteiger partial charge in [-0.05, 0) is 25.5 Å². The van der Waals surface area contributed by atoms with Gasteiger partial charge in [-0.3, -0.25) is 4.98 Å². The summed E-state index contributed by atoms with van der Waals surface area (Å²) in [5.41, 5.74) is 0. The van der Waals surface area contributed by atoms with Crippen LogP contribution in [0.4, 0.5) is 0 Å². The molecule has 100 valence electrons. The van der Waals surface area contributed by atoms with Crippen LogP contribution in [0.25, 0.3) is 5.82 Å². The number of hydrogen-bond acceptors (Lipinski definition) is 5. The van der Waals surface area contributed by atoms with Gasteiger partial charge in [0.2, 0.25) is 5.88 Å². The van der Waals surface area contributed by atoms with Gasteiger partial charge in [-0.15, -0.1) is 0 Å². The smallest absolute Gasteiger partial charge is 0.234 e. The molecule has 19 heavy (non-hydrogen) atoms. The Balaban J connectivity index is 1.63. The summed E-state index contributed by atoms with van der Waals surface area (Å²) in [5.74, 6) is 1.78. The topological polar surface area (TPSA) is 64.9 Å². The van der Waals surface area contributed by atoms with Gasteiger partial charge in [0.05, 0.1) is 19.0 Å². The molecule has 1 saturated heterocycles. The number of piperidine rings is 1. The Morgan fingerprint density at radius 3 is 3.21 bits per heavy atom. The molecule has 1 atom stereocenters. The van der Waals surface area contributed by atoms with Crippen LogP contribution in [0.1, 0.15) is 12.8 Å². The molecular weight excluding hydrogens is 242 g/mol. The van der Waals surface area contributed by atoms with E-state index in [9.17, 15) is 0 Å². The predicted molar refractivity (Wildman–Crippen MR) is 70.2 cm³/mol. The maximum Gasteiger partial charge on any atom is 0.234 e. The van der Waals surface area contributed by atoms with Crippen LogP contribution in [0.5, 0.6) is 5.88 Å². The van der Waals surface area contributed by atoms with Crippen LogP contribution >= 0.6 is 0 Å². The van der Waals surface area contributed by atoms with Gasteiger partial charge in [0.15, 0.2) is 5.82 Å². The fourth-order valence-electron chi connectivity index (χ4n) is 2.19. The van der Waals surface area contributed by atoms with Crippen LogP contribution in [-0.2, 0) is 0 Å². The second kappa shape index (κ2) is 5.79. The molecule has 3 heterocycles. The number of nitrogens with one attached hydrogen (secondary N) is 1. The van der Waals surface area contributed by atoms with Gasteiger partial charge < -0.3 is 10.1 Å². The zero-order chi connectivity index (χ0) is 12.9. The van der Waals surface area contributed by atoms with E-state index in [1.54, 1.807) is 23.3 Å². The van der Waals surface area contributed by atoms with Gasteiger partial charge in [-0.25, -0.2) is 4.68 Å². The van der Waals surface area contributed by atoms with Gasteiger partial charge in [-0.1, -0.05) is 0 Å². The molecule has 0 saturated carbocycles. The Morgan fingerprint density at radius 1 is 1.42 bits per heavy atom. The molecule has 6 nitrogen and oxygen atoms in total. The minimum Gasteiger partial charge on any atom is -0.476 e. The summed E-state index contributed by atoms with van der Waals surface area (Å²) in [6.07, 6.45) is 9.28. The van der Waals surface area contributed by atoms with Crippen LogP contribution in [0.2, 0.25) is 0 Å². The maximum atomic E-state index is 5.73. The Bertz CT molecular complexity index is 508. The van der Waals surface area contributed by atoms with Crippen molar-refractivity contribution in [2.75, 3.05) is 19.7 Å². The maximum absolute atomic E-state index is 5.73. The standard InChI is InChI=1S/C13H17N5O/c1-3-11(7-14-4-1)10-19-13-9-15-8-12(17-13)18-6-2-5-16-18/h2,5-6,8-9,11,14H,1,3-4,7,10H2. The molecular formula is C13H17N5O. The number of ether oxygens (including phenoxy) is 1. The Kier molecular flexibility index (Phi) is 3.69. The summed E-state index contributed by atoms with van der Waals surface area (Å²) in [4.78, 5) is 8.54. The van der Waals surface area contributed by atoms with Gasteiger partial charge >= 0.3 is 0 Å². The summed E-state index contributed by atoms with van der Waals surface area (Å²) in [6.45, 7) is 2.82. The van der Waals surface area contributed by atoms with E-state index in [4.69, 9.17) is 4.74 Å². The van der Waals surface area contributed by atoms with E-state index in [-0.39, 0.29) is 0 Å². The van der Waals surface area contributed by atoms with Crippen molar-refractivity contribution in [3.05, 3.63) is 30.9 Å². The molecule has 2 aromatic rings. The first-order valence-corrected chi connectivity index (χ1v) is 6.57. The van der Waals surface area contributed by atoms with Crippen LogP contribution in [-0.4, -0.2) is 39.4 Å². The van der Waals surface area contributed by atoms with E-state index in [0.29, 0.717) is 24.2 Å². The van der Waals surface area contributed by atoms with Crippen molar-refractivity contribution in [3.63, 3.8) is 0 Å². The molecule has 0 radical (unpaired) electrons. The lowest BCUT2D eigenvalue weighted by molar-refractivity contribution is 0.211. The fourth-order valence-corrected chi connectivity index (χ4v) is 2.19. The highest BCUT2D eigenvalue weighted by molar-refractivity contribution is 5.20. The molecule has 0 bridgehead atoms. The fraction of sp³-hybridized carbons (Fsp3) is 0.462. The average molecular weight is 259 g/mol. The van der Waals surface area contributed by atoms with Crippen LogP contribution in [0.3, 0.4) is 0 Å². The molecule has 6 heteroatoms. The largest absolute Gasteiger partial charge is 0.476 e. The molecule has 1 N–H and O–H groups in total. The first-order chi connectivity index (χ1) is 9.42. The van der Waals surface area contributed by atoms with E-state index in [0.717, 1.165) is 13.1 Å². The Hall–Kier alpha value is -1.95. The molecule has 3 rings (SSSR count). The summed E-state index contributed by atoms with van der Waals surface area (Å²) >= 11 is 0. The predicted octanol–water partition coefficient (Wildman–Crippen LogP) is 1.04. The minimum atomic E-state index is 0.554. The lowest BCUT2D eigenvalue weighted by Crippen LogP contribution is -2.33. The highest BCUT2D eigenvalue weighted by atomic mass is 16.5. The molecule has 1 fully saturated rings. The summed E-state index contributed by atoms with van der Waals surface area (Å²) < 4.78 is 7.40. The highest BCUT2D eigenvalue weighted by Crippen LogP contribution is 2.13.